The highest BCUT2D eigenvalue weighted by atomic mass is 16.3. The van der Waals surface area contributed by atoms with Crippen LogP contribution in [-0.2, 0) is 0 Å². The molecule has 0 aliphatic heterocycles. The molecule has 0 saturated carbocycles. The predicted molar refractivity (Wildman–Crippen MR) is 49.5 cm³/mol. The predicted octanol–water partition coefficient (Wildman–Crippen LogP) is 2.76. The maximum atomic E-state index is 10.4. The van der Waals surface area contributed by atoms with Crippen molar-refractivity contribution < 1.29 is 9.21 Å². The zero-order valence-corrected chi connectivity index (χ0v) is 6.94. The van der Waals surface area contributed by atoms with Crippen molar-refractivity contribution in [2.24, 2.45) is 0 Å². The van der Waals surface area contributed by atoms with E-state index in [1.54, 1.807) is 6.07 Å². The molecule has 0 unspecified atom stereocenters. The van der Waals surface area contributed by atoms with Gasteiger partial charge in [-0.15, -0.1) is 0 Å². The minimum Gasteiger partial charge on any atom is -0.464 e. The van der Waals surface area contributed by atoms with Crippen molar-refractivity contribution in [2.45, 2.75) is 0 Å². The Bertz CT molecular complexity index is 401. The van der Waals surface area contributed by atoms with E-state index in [-0.39, 0.29) is 0 Å². The van der Waals surface area contributed by atoms with Crippen molar-refractivity contribution in [3.8, 4) is 11.3 Å². The van der Waals surface area contributed by atoms with Gasteiger partial charge in [-0.3, -0.25) is 4.79 Å². The second-order valence-electron chi connectivity index (χ2n) is 2.73. The Kier molecular flexibility index (Phi) is 1.96. The van der Waals surface area contributed by atoms with Crippen molar-refractivity contribution in [3.05, 3.63) is 48.2 Å². The molecule has 0 fully saturated rings. The number of hydrogen-bond acceptors (Lipinski definition) is 2. The van der Waals surface area contributed by atoms with E-state index in [0.29, 0.717) is 5.56 Å². The lowest BCUT2D eigenvalue weighted by atomic mass is 10.1. The Morgan fingerprint density at radius 3 is 2.54 bits per heavy atom. The Morgan fingerprint density at radius 2 is 1.92 bits per heavy atom. The number of hydrogen-bond donors (Lipinski definition) is 0. The van der Waals surface area contributed by atoms with Crippen molar-refractivity contribution in [2.75, 3.05) is 0 Å². The number of carbonyl (C=O) groups excluding carboxylic acids is 1. The molecule has 0 N–H and O–H groups in total. The molecule has 0 radical (unpaired) electrons. The molecule has 2 rings (SSSR count). The van der Waals surface area contributed by atoms with Crippen LogP contribution >= 0.6 is 0 Å². The first-order valence-corrected chi connectivity index (χ1v) is 3.99. The molecule has 0 aliphatic rings. The van der Waals surface area contributed by atoms with E-state index < -0.39 is 0 Å². The summed E-state index contributed by atoms with van der Waals surface area (Å²) in [7, 11) is 0. The van der Waals surface area contributed by atoms with E-state index in [1.807, 2.05) is 30.3 Å². The molecular formula is C11H8O2. The van der Waals surface area contributed by atoms with Gasteiger partial charge in [0.15, 0.2) is 6.29 Å². The molecule has 0 atom stereocenters. The lowest BCUT2D eigenvalue weighted by Gasteiger charge is -1.92. The smallest absolute Gasteiger partial charge is 0.153 e. The van der Waals surface area contributed by atoms with Crippen LogP contribution in [-0.4, -0.2) is 6.29 Å². The quantitative estimate of drug-likeness (QED) is 0.652. The lowest BCUT2D eigenvalue weighted by Crippen LogP contribution is -1.71. The fraction of sp³-hybridized carbons (Fsp3) is 0. The van der Waals surface area contributed by atoms with Gasteiger partial charge in [0.2, 0.25) is 0 Å². The van der Waals surface area contributed by atoms with E-state index in [1.165, 1.54) is 6.26 Å². The van der Waals surface area contributed by atoms with Crippen molar-refractivity contribution in [1.29, 1.82) is 0 Å². The third kappa shape index (κ3) is 1.51. The zero-order chi connectivity index (χ0) is 9.10. The summed E-state index contributed by atoms with van der Waals surface area (Å²) in [5.41, 5.74) is 1.55. The highest BCUT2D eigenvalue weighted by Gasteiger charge is 2.01. The number of furan rings is 1. The number of aldehydes is 1. The number of rotatable bonds is 2. The van der Waals surface area contributed by atoms with Gasteiger partial charge in [-0.25, -0.2) is 0 Å². The van der Waals surface area contributed by atoms with Crippen LogP contribution < -0.4 is 0 Å². The topological polar surface area (TPSA) is 30.2 Å². The molecule has 1 aromatic heterocycles. The van der Waals surface area contributed by atoms with E-state index >= 15 is 0 Å². The molecule has 0 aliphatic carbocycles. The van der Waals surface area contributed by atoms with Crippen LogP contribution in [0, 0.1) is 0 Å². The summed E-state index contributed by atoms with van der Waals surface area (Å²) in [6.07, 6.45) is 2.23. The molecule has 64 valence electrons. The van der Waals surface area contributed by atoms with E-state index in [2.05, 4.69) is 0 Å². The second-order valence-corrected chi connectivity index (χ2v) is 2.73. The Balaban J connectivity index is 2.41. The van der Waals surface area contributed by atoms with Gasteiger partial charge in [-0.05, 0) is 6.07 Å². The van der Waals surface area contributed by atoms with Gasteiger partial charge >= 0.3 is 0 Å². The maximum absolute atomic E-state index is 10.4. The summed E-state index contributed by atoms with van der Waals surface area (Å²) in [5, 5.41) is 0. The SMILES string of the molecule is O=Cc1coc(-c2ccccc2)c1. The van der Waals surface area contributed by atoms with Gasteiger partial charge in [0.25, 0.3) is 0 Å². The molecular weight excluding hydrogens is 164 g/mol. The monoisotopic (exact) mass is 172 g/mol. The molecule has 0 bridgehead atoms. The first kappa shape index (κ1) is 7.80. The molecule has 1 aromatic carbocycles. The average Bonchev–Trinajstić information content (AvgIpc) is 2.67. The number of benzene rings is 1. The Hall–Kier alpha value is -1.83. The zero-order valence-electron chi connectivity index (χ0n) is 6.94. The van der Waals surface area contributed by atoms with E-state index in [4.69, 9.17) is 4.42 Å². The van der Waals surface area contributed by atoms with Crippen LogP contribution in [0.5, 0.6) is 0 Å². The summed E-state index contributed by atoms with van der Waals surface area (Å²) in [4.78, 5) is 10.4. The van der Waals surface area contributed by atoms with E-state index in [0.717, 1.165) is 17.6 Å². The molecule has 0 amide bonds. The second kappa shape index (κ2) is 3.27. The minimum absolute atomic E-state index is 0.568. The fourth-order valence-corrected chi connectivity index (χ4v) is 1.17. The lowest BCUT2D eigenvalue weighted by molar-refractivity contribution is 0.112. The molecule has 0 spiro atoms. The highest BCUT2D eigenvalue weighted by Crippen LogP contribution is 2.20. The van der Waals surface area contributed by atoms with Crippen LogP contribution in [0.3, 0.4) is 0 Å². The van der Waals surface area contributed by atoms with Gasteiger partial charge in [0, 0.05) is 5.56 Å². The van der Waals surface area contributed by atoms with Gasteiger partial charge < -0.3 is 4.42 Å². The van der Waals surface area contributed by atoms with Crippen molar-refractivity contribution in [1.82, 2.24) is 0 Å². The molecule has 2 heteroatoms. The number of carbonyl (C=O) groups is 1. The molecule has 2 aromatic rings. The third-order valence-electron chi connectivity index (χ3n) is 1.81. The van der Waals surface area contributed by atoms with Crippen molar-refractivity contribution >= 4 is 6.29 Å². The Morgan fingerprint density at radius 1 is 1.15 bits per heavy atom. The first-order chi connectivity index (χ1) is 6.40. The Labute approximate surface area is 75.8 Å². The minimum atomic E-state index is 0.568. The molecule has 1 heterocycles. The highest BCUT2D eigenvalue weighted by molar-refractivity contribution is 5.77. The van der Waals surface area contributed by atoms with Crippen LogP contribution in [0.1, 0.15) is 10.4 Å². The summed E-state index contributed by atoms with van der Waals surface area (Å²) in [6, 6.07) is 11.4. The first-order valence-electron chi connectivity index (χ1n) is 3.99. The van der Waals surface area contributed by atoms with Gasteiger partial charge in [0.1, 0.15) is 12.0 Å². The van der Waals surface area contributed by atoms with E-state index in [9.17, 15) is 4.79 Å². The standard InChI is InChI=1S/C11H8O2/c12-7-9-6-11(13-8-9)10-4-2-1-3-5-10/h1-8H. The maximum Gasteiger partial charge on any atom is 0.153 e. The largest absolute Gasteiger partial charge is 0.464 e. The normalized spacial score (nSPS) is 9.85. The summed E-state index contributed by atoms with van der Waals surface area (Å²) < 4.78 is 5.21. The third-order valence-corrected chi connectivity index (χ3v) is 1.81. The van der Waals surface area contributed by atoms with Crippen molar-refractivity contribution in [3.63, 3.8) is 0 Å². The molecule has 0 saturated heterocycles. The van der Waals surface area contributed by atoms with Gasteiger partial charge in [-0.1, -0.05) is 30.3 Å². The van der Waals surface area contributed by atoms with Gasteiger partial charge in [-0.2, -0.15) is 0 Å². The molecule has 13 heavy (non-hydrogen) atoms. The molecule has 2 nitrogen and oxygen atoms in total. The van der Waals surface area contributed by atoms with Crippen LogP contribution in [0.4, 0.5) is 0 Å². The fourth-order valence-electron chi connectivity index (χ4n) is 1.17. The van der Waals surface area contributed by atoms with Crippen LogP contribution in [0.2, 0.25) is 0 Å². The summed E-state index contributed by atoms with van der Waals surface area (Å²) in [6.45, 7) is 0. The van der Waals surface area contributed by atoms with Crippen LogP contribution in [0.15, 0.2) is 47.1 Å². The summed E-state index contributed by atoms with van der Waals surface area (Å²) in [5.74, 6) is 0.725. The van der Waals surface area contributed by atoms with Gasteiger partial charge in [0.05, 0.1) is 5.56 Å². The average molecular weight is 172 g/mol. The van der Waals surface area contributed by atoms with Crippen LogP contribution in [0.25, 0.3) is 11.3 Å². The summed E-state index contributed by atoms with van der Waals surface area (Å²) >= 11 is 0.